The summed E-state index contributed by atoms with van der Waals surface area (Å²) < 4.78 is 0. The molecule has 2 N–H and O–H groups in total. The average Bonchev–Trinajstić information content (AvgIpc) is 2.99. The Balaban J connectivity index is 1.66. The summed E-state index contributed by atoms with van der Waals surface area (Å²) in [6.07, 6.45) is 0.876. The minimum Gasteiger partial charge on any atom is -0.325 e. The van der Waals surface area contributed by atoms with Crippen LogP contribution in [0, 0.1) is 0 Å². The number of nitrogens with one attached hydrogen (secondary N) is 2. The zero-order valence-electron chi connectivity index (χ0n) is 14.7. The molecule has 0 aromatic heterocycles. The van der Waals surface area contributed by atoms with Crippen LogP contribution in [0.3, 0.4) is 0 Å². The van der Waals surface area contributed by atoms with Gasteiger partial charge in [0.15, 0.2) is 5.17 Å². The molecule has 1 heterocycles. The van der Waals surface area contributed by atoms with Crippen molar-refractivity contribution in [2.24, 2.45) is 10.2 Å². The predicted molar refractivity (Wildman–Crippen MR) is 108 cm³/mol. The molecule has 1 atom stereocenters. The first kappa shape index (κ1) is 18.1. The van der Waals surface area contributed by atoms with Crippen molar-refractivity contribution in [3.63, 3.8) is 0 Å². The maximum atomic E-state index is 12.4. The van der Waals surface area contributed by atoms with E-state index in [4.69, 9.17) is 0 Å². The zero-order chi connectivity index (χ0) is 18.5. The molecule has 134 valence electrons. The van der Waals surface area contributed by atoms with Gasteiger partial charge in [-0.1, -0.05) is 55.1 Å². The van der Waals surface area contributed by atoms with Crippen LogP contribution < -0.4 is 10.6 Å². The lowest BCUT2D eigenvalue weighted by atomic mass is 10.1. The van der Waals surface area contributed by atoms with Crippen LogP contribution in [-0.2, 0) is 9.59 Å². The number of anilines is 1. The fourth-order valence-corrected chi connectivity index (χ4v) is 3.41. The molecule has 2 aromatic rings. The molecular weight excluding hydrogens is 348 g/mol. The van der Waals surface area contributed by atoms with Crippen molar-refractivity contribution in [1.29, 1.82) is 0 Å². The van der Waals surface area contributed by atoms with E-state index in [-0.39, 0.29) is 18.2 Å². The number of amidine groups is 1. The van der Waals surface area contributed by atoms with E-state index >= 15 is 0 Å². The van der Waals surface area contributed by atoms with E-state index in [9.17, 15) is 9.59 Å². The molecule has 7 heteroatoms. The molecule has 2 aromatic carbocycles. The Bertz CT molecular complexity index is 902. The topological polar surface area (TPSA) is 82.9 Å². The third-order valence-electron chi connectivity index (χ3n) is 4.03. The minimum absolute atomic E-state index is 0.0786. The summed E-state index contributed by atoms with van der Waals surface area (Å²) in [5.74, 6) is -0.422. The highest BCUT2D eigenvalue weighted by Gasteiger charge is 2.32. The Labute approximate surface area is 156 Å². The van der Waals surface area contributed by atoms with Crippen LogP contribution in [-0.4, -0.2) is 27.9 Å². The lowest BCUT2D eigenvalue weighted by Gasteiger charge is -2.10. The largest absolute Gasteiger partial charge is 0.325 e. The fourth-order valence-electron chi connectivity index (χ4n) is 2.49. The summed E-state index contributed by atoms with van der Waals surface area (Å²) in [6.45, 7) is 3.86. The van der Waals surface area contributed by atoms with Crippen molar-refractivity contribution in [1.82, 2.24) is 5.32 Å². The van der Waals surface area contributed by atoms with Gasteiger partial charge in [-0.15, -0.1) is 5.10 Å². The lowest BCUT2D eigenvalue weighted by molar-refractivity contribution is -0.122. The van der Waals surface area contributed by atoms with E-state index in [2.05, 4.69) is 20.8 Å². The Morgan fingerprint density at radius 3 is 2.81 bits per heavy atom. The van der Waals surface area contributed by atoms with Gasteiger partial charge in [0.2, 0.25) is 11.8 Å². The number of carbonyl (C=O) groups is 2. The van der Waals surface area contributed by atoms with E-state index in [1.807, 2.05) is 56.3 Å². The number of thioether (sulfide) groups is 1. The van der Waals surface area contributed by atoms with E-state index in [1.165, 1.54) is 11.8 Å². The van der Waals surface area contributed by atoms with Gasteiger partial charge < -0.3 is 10.6 Å². The zero-order valence-corrected chi connectivity index (χ0v) is 15.5. The van der Waals surface area contributed by atoms with E-state index in [0.29, 0.717) is 5.17 Å². The summed E-state index contributed by atoms with van der Waals surface area (Å²) in [5, 5.41) is 15.6. The van der Waals surface area contributed by atoms with Gasteiger partial charge in [0, 0.05) is 23.2 Å². The molecule has 1 saturated heterocycles. The van der Waals surface area contributed by atoms with Crippen LogP contribution >= 0.6 is 11.8 Å². The highest BCUT2D eigenvalue weighted by atomic mass is 32.2. The number of carbonyl (C=O) groups excluding carboxylic acids is 2. The SMILES string of the molecule is CCC(C)=NN=C1NC(=O)[C@H](CC(=O)Nc2cccc3ccccc23)S1. The summed E-state index contributed by atoms with van der Waals surface area (Å²) in [4.78, 5) is 24.5. The quantitative estimate of drug-likeness (QED) is 0.625. The van der Waals surface area contributed by atoms with Crippen LogP contribution in [0.4, 0.5) is 5.69 Å². The number of fused-ring (bicyclic) bond motifs is 1. The van der Waals surface area contributed by atoms with E-state index < -0.39 is 5.25 Å². The Hall–Kier alpha value is -2.67. The standard InChI is InChI=1S/C19H20N4O2S/c1-3-12(2)22-23-19-21-18(25)16(26-19)11-17(24)20-15-10-6-8-13-7-4-5-9-14(13)15/h4-10,16H,3,11H2,1-2H3,(H,20,24)(H,21,23,25)/t16-/m0/s1. The summed E-state index contributed by atoms with van der Waals surface area (Å²) in [7, 11) is 0. The summed E-state index contributed by atoms with van der Waals surface area (Å²) >= 11 is 1.24. The molecule has 1 aliphatic rings. The van der Waals surface area contributed by atoms with Gasteiger partial charge in [-0.3, -0.25) is 9.59 Å². The normalized spacial score (nSPS) is 19.0. The number of hydrogen-bond donors (Lipinski definition) is 2. The van der Waals surface area contributed by atoms with Crippen LogP contribution in [0.1, 0.15) is 26.7 Å². The van der Waals surface area contributed by atoms with Gasteiger partial charge in [-0.05, 0) is 24.8 Å². The maximum absolute atomic E-state index is 12.4. The molecule has 1 aliphatic heterocycles. The van der Waals surface area contributed by atoms with Gasteiger partial charge in [0.1, 0.15) is 5.25 Å². The van der Waals surface area contributed by atoms with Crippen molar-refractivity contribution in [2.75, 3.05) is 5.32 Å². The van der Waals surface area contributed by atoms with Crippen LogP contribution in [0.5, 0.6) is 0 Å². The summed E-state index contributed by atoms with van der Waals surface area (Å²) in [5.41, 5.74) is 1.62. The van der Waals surface area contributed by atoms with Crippen LogP contribution in [0.2, 0.25) is 0 Å². The molecule has 0 bridgehead atoms. The summed E-state index contributed by atoms with van der Waals surface area (Å²) in [6, 6.07) is 13.6. The molecule has 0 spiro atoms. The molecule has 0 radical (unpaired) electrons. The molecule has 26 heavy (non-hydrogen) atoms. The third kappa shape index (κ3) is 4.29. The van der Waals surface area contributed by atoms with Crippen LogP contribution in [0.15, 0.2) is 52.7 Å². The number of nitrogens with zero attached hydrogens (tertiary/aromatic N) is 2. The van der Waals surface area contributed by atoms with Crippen molar-refractivity contribution >= 4 is 50.9 Å². The monoisotopic (exact) mass is 368 g/mol. The van der Waals surface area contributed by atoms with Crippen molar-refractivity contribution in [2.45, 2.75) is 31.9 Å². The van der Waals surface area contributed by atoms with Gasteiger partial charge in [-0.25, -0.2) is 0 Å². The second kappa shape index (κ2) is 8.14. The first-order chi connectivity index (χ1) is 12.6. The third-order valence-corrected chi connectivity index (χ3v) is 5.11. The highest BCUT2D eigenvalue weighted by Crippen LogP contribution is 2.26. The Kier molecular flexibility index (Phi) is 5.68. The molecule has 1 fully saturated rings. The second-order valence-corrected chi connectivity index (χ2v) is 7.16. The average molecular weight is 368 g/mol. The highest BCUT2D eigenvalue weighted by molar-refractivity contribution is 8.15. The van der Waals surface area contributed by atoms with Gasteiger partial charge in [-0.2, -0.15) is 5.10 Å². The molecule has 2 amide bonds. The lowest BCUT2D eigenvalue weighted by Crippen LogP contribution is -2.28. The predicted octanol–water partition coefficient (Wildman–Crippen LogP) is 3.54. The smallest absolute Gasteiger partial charge is 0.240 e. The maximum Gasteiger partial charge on any atom is 0.240 e. The molecule has 0 saturated carbocycles. The molecule has 6 nitrogen and oxygen atoms in total. The number of amides is 2. The van der Waals surface area contributed by atoms with Crippen LogP contribution in [0.25, 0.3) is 10.8 Å². The molecular formula is C19H20N4O2S. The van der Waals surface area contributed by atoms with E-state index in [1.54, 1.807) is 0 Å². The Morgan fingerprint density at radius 2 is 2.00 bits per heavy atom. The molecule has 0 unspecified atom stereocenters. The Morgan fingerprint density at radius 1 is 1.23 bits per heavy atom. The van der Waals surface area contributed by atoms with E-state index in [0.717, 1.165) is 28.6 Å². The second-order valence-electron chi connectivity index (χ2n) is 5.97. The van der Waals surface area contributed by atoms with Crippen molar-refractivity contribution < 1.29 is 9.59 Å². The van der Waals surface area contributed by atoms with Gasteiger partial charge in [0.25, 0.3) is 0 Å². The number of rotatable bonds is 5. The van der Waals surface area contributed by atoms with Gasteiger partial charge >= 0.3 is 0 Å². The number of benzene rings is 2. The van der Waals surface area contributed by atoms with Crippen molar-refractivity contribution in [3.05, 3.63) is 42.5 Å². The van der Waals surface area contributed by atoms with Crippen molar-refractivity contribution in [3.8, 4) is 0 Å². The first-order valence-electron chi connectivity index (χ1n) is 8.43. The molecule has 3 rings (SSSR count). The first-order valence-corrected chi connectivity index (χ1v) is 9.31. The molecule has 0 aliphatic carbocycles. The number of hydrogen-bond acceptors (Lipinski definition) is 5. The minimum atomic E-state index is -0.499. The fraction of sp³-hybridized carbons (Fsp3) is 0.263. The van der Waals surface area contributed by atoms with Gasteiger partial charge in [0.05, 0.1) is 0 Å².